The van der Waals surface area contributed by atoms with Crippen molar-refractivity contribution in [1.29, 1.82) is 0 Å². The van der Waals surface area contributed by atoms with Crippen molar-refractivity contribution >= 4 is 29.3 Å². The monoisotopic (exact) mass is 435 g/mol. The number of nitrogens with zero attached hydrogens (tertiary/aromatic N) is 3. The van der Waals surface area contributed by atoms with E-state index in [1.54, 1.807) is 18.2 Å². The number of hydrogen-bond acceptors (Lipinski definition) is 5. The Morgan fingerprint density at radius 1 is 1.27 bits per heavy atom. The van der Waals surface area contributed by atoms with Crippen LogP contribution in [0.25, 0.3) is 11.3 Å². The van der Waals surface area contributed by atoms with Gasteiger partial charge in [-0.1, -0.05) is 23.9 Å². The number of hydrogen-bond donors (Lipinski definition) is 2. The topological polar surface area (TPSA) is 60.5 Å². The summed E-state index contributed by atoms with van der Waals surface area (Å²) in [5.74, 6) is 0.420. The Bertz CT molecular complexity index is 1010. The SMILES string of the molecule is CC1=CNC(NC(=O)N2CCN(C)c3ccc(-c4cccc(C(F)(F)F)c4)nc32)S1. The molecular weight excluding hydrogens is 415 g/mol. The van der Waals surface area contributed by atoms with Crippen LogP contribution in [0.5, 0.6) is 0 Å². The molecule has 30 heavy (non-hydrogen) atoms. The molecule has 1 unspecified atom stereocenters. The summed E-state index contributed by atoms with van der Waals surface area (Å²) in [5, 5.41) is 5.97. The van der Waals surface area contributed by atoms with Gasteiger partial charge in [-0.05, 0) is 31.2 Å². The van der Waals surface area contributed by atoms with Crippen LogP contribution >= 0.6 is 11.8 Å². The average molecular weight is 435 g/mol. The van der Waals surface area contributed by atoms with Crippen LogP contribution < -0.4 is 20.4 Å². The van der Waals surface area contributed by atoms with E-state index in [9.17, 15) is 18.0 Å². The van der Waals surface area contributed by atoms with Gasteiger partial charge in [-0.25, -0.2) is 9.78 Å². The van der Waals surface area contributed by atoms with Crippen molar-refractivity contribution in [1.82, 2.24) is 15.6 Å². The minimum absolute atomic E-state index is 0.271. The second-order valence-electron chi connectivity index (χ2n) is 7.06. The molecule has 0 spiro atoms. The van der Waals surface area contributed by atoms with Gasteiger partial charge in [-0.3, -0.25) is 4.90 Å². The van der Waals surface area contributed by atoms with Crippen LogP contribution in [0.15, 0.2) is 47.5 Å². The molecule has 1 aromatic carbocycles. The molecule has 2 aromatic rings. The van der Waals surface area contributed by atoms with E-state index < -0.39 is 11.7 Å². The number of anilines is 2. The molecule has 0 radical (unpaired) electrons. The van der Waals surface area contributed by atoms with Crippen LogP contribution in [0.3, 0.4) is 0 Å². The first kappa shape index (κ1) is 20.4. The number of pyridine rings is 1. The lowest BCUT2D eigenvalue weighted by Crippen LogP contribution is -2.51. The van der Waals surface area contributed by atoms with Gasteiger partial charge in [0.15, 0.2) is 11.3 Å². The number of rotatable bonds is 2. The molecule has 10 heteroatoms. The minimum atomic E-state index is -4.44. The molecule has 0 saturated heterocycles. The summed E-state index contributed by atoms with van der Waals surface area (Å²) < 4.78 is 39.3. The third-order valence-electron chi connectivity index (χ3n) is 4.91. The molecule has 0 fully saturated rings. The smallest absolute Gasteiger partial charge is 0.370 e. The van der Waals surface area contributed by atoms with Crippen molar-refractivity contribution in [2.75, 3.05) is 29.9 Å². The van der Waals surface area contributed by atoms with Crippen LogP contribution in [0.2, 0.25) is 0 Å². The van der Waals surface area contributed by atoms with Gasteiger partial charge in [0, 0.05) is 36.8 Å². The Balaban J connectivity index is 1.65. The van der Waals surface area contributed by atoms with Crippen LogP contribution in [0.1, 0.15) is 12.5 Å². The summed E-state index contributed by atoms with van der Waals surface area (Å²) in [6, 6.07) is 8.17. The van der Waals surface area contributed by atoms with Gasteiger partial charge in [0.25, 0.3) is 0 Å². The minimum Gasteiger partial charge on any atom is -0.370 e. The molecule has 0 bridgehead atoms. The molecule has 158 valence electrons. The van der Waals surface area contributed by atoms with Gasteiger partial charge in [0.1, 0.15) is 0 Å². The number of alkyl halides is 3. The number of nitrogens with one attached hydrogen (secondary N) is 2. The number of allylic oxidation sites excluding steroid dienone is 1. The molecule has 4 rings (SSSR count). The lowest BCUT2D eigenvalue weighted by atomic mass is 10.1. The number of aromatic nitrogens is 1. The number of likely N-dealkylation sites (N-methyl/N-ethyl adjacent to an activating group) is 1. The van der Waals surface area contributed by atoms with E-state index in [4.69, 9.17) is 0 Å². The Morgan fingerprint density at radius 2 is 2.07 bits per heavy atom. The maximum absolute atomic E-state index is 13.1. The zero-order valence-electron chi connectivity index (χ0n) is 16.3. The lowest BCUT2D eigenvalue weighted by molar-refractivity contribution is -0.137. The molecule has 0 saturated carbocycles. The number of urea groups is 1. The molecule has 0 aliphatic carbocycles. The molecule has 1 aromatic heterocycles. The van der Waals surface area contributed by atoms with Crippen LogP contribution in [-0.4, -0.2) is 36.7 Å². The van der Waals surface area contributed by atoms with E-state index in [-0.39, 0.29) is 11.5 Å². The van der Waals surface area contributed by atoms with E-state index in [0.29, 0.717) is 30.2 Å². The highest BCUT2D eigenvalue weighted by molar-refractivity contribution is 8.03. The molecule has 6 nitrogen and oxygen atoms in total. The number of benzene rings is 1. The normalized spacial score (nSPS) is 18.6. The molecule has 2 amide bonds. The highest BCUT2D eigenvalue weighted by Crippen LogP contribution is 2.35. The first-order valence-electron chi connectivity index (χ1n) is 9.30. The maximum Gasteiger partial charge on any atom is 0.416 e. The first-order valence-corrected chi connectivity index (χ1v) is 10.2. The quantitative estimate of drug-likeness (QED) is 0.740. The molecule has 2 N–H and O–H groups in total. The average Bonchev–Trinajstić information content (AvgIpc) is 3.12. The van der Waals surface area contributed by atoms with Crippen molar-refractivity contribution in [3.63, 3.8) is 0 Å². The third kappa shape index (κ3) is 4.04. The zero-order chi connectivity index (χ0) is 21.5. The molecule has 3 heterocycles. The zero-order valence-corrected chi connectivity index (χ0v) is 17.1. The number of thioether (sulfide) groups is 1. The molecule has 2 aliphatic rings. The van der Waals surface area contributed by atoms with Gasteiger partial charge in [-0.15, -0.1) is 0 Å². The van der Waals surface area contributed by atoms with Gasteiger partial charge >= 0.3 is 12.2 Å². The number of amides is 2. The van der Waals surface area contributed by atoms with Crippen LogP contribution in [0, 0.1) is 0 Å². The summed E-state index contributed by atoms with van der Waals surface area (Å²) in [4.78, 5) is 22.0. The Morgan fingerprint density at radius 3 is 2.77 bits per heavy atom. The number of carbonyl (C=O) groups excluding carboxylic acids is 1. The van der Waals surface area contributed by atoms with E-state index in [1.165, 1.54) is 22.7 Å². The van der Waals surface area contributed by atoms with Gasteiger partial charge < -0.3 is 15.5 Å². The summed E-state index contributed by atoms with van der Waals surface area (Å²) >= 11 is 1.50. The summed E-state index contributed by atoms with van der Waals surface area (Å²) in [6.07, 6.45) is -2.61. The fourth-order valence-electron chi connectivity index (χ4n) is 3.34. The highest BCUT2D eigenvalue weighted by Gasteiger charge is 2.32. The maximum atomic E-state index is 13.1. The van der Waals surface area contributed by atoms with Gasteiger partial charge in [0.05, 0.1) is 16.9 Å². The lowest BCUT2D eigenvalue weighted by Gasteiger charge is -2.35. The molecule has 2 aliphatic heterocycles. The van der Waals surface area contributed by atoms with Crippen molar-refractivity contribution in [3.05, 3.63) is 53.1 Å². The second-order valence-corrected chi connectivity index (χ2v) is 8.41. The van der Waals surface area contributed by atoms with Crippen LogP contribution in [0.4, 0.5) is 29.5 Å². The van der Waals surface area contributed by atoms with E-state index in [2.05, 4.69) is 15.6 Å². The summed E-state index contributed by atoms with van der Waals surface area (Å²) in [6.45, 7) is 2.98. The van der Waals surface area contributed by atoms with Crippen molar-refractivity contribution in [2.24, 2.45) is 0 Å². The first-order chi connectivity index (χ1) is 14.2. The van der Waals surface area contributed by atoms with Crippen LogP contribution in [-0.2, 0) is 6.18 Å². The molecule has 1 atom stereocenters. The Labute approximate surface area is 176 Å². The third-order valence-corrected chi connectivity index (χ3v) is 5.89. The number of carbonyl (C=O) groups is 1. The second kappa shape index (κ2) is 7.75. The Hall–Kier alpha value is -2.88. The predicted molar refractivity (Wildman–Crippen MR) is 112 cm³/mol. The van der Waals surface area contributed by atoms with Crippen molar-refractivity contribution in [3.8, 4) is 11.3 Å². The number of halogens is 3. The largest absolute Gasteiger partial charge is 0.416 e. The van der Waals surface area contributed by atoms with E-state index >= 15 is 0 Å². The standard InChI is InChI=1S/C20H20F3N5OS/c1-12-11-24-18(30-12)26-19(29)28-9-8-27(2)16-7-6-15(25-17(16)28)13-4-3-5-14(10-13)20(21,22)23/h3-7,10-11,18,24H,8-9H2,1-2H3,(H,26,29). The summed E-state index contributed by atoms with van der Waals surface area (Å²) in [7, 11) is 1.89. The molecular formula is C20H20F3N5OS. The number of fused-ring (bicyclic) bond motifs is 1. The predicted octanol–water partition coefficient (Wildman–Crippen LogP) is 4.21. The van der Waals surface area contributed by atoms with E-state index in [0.717, 1.165) is 22.7 Å². The van der Waals surface area contributed by atoms with Gasteiger partial charge in [-0.2, -0.15) is 13.2 Å². The summed E-state index contributed by atoms with van der Waals surface area (Å²) in [5.41, 5.74) is 0.451. The van der Waals surface area contributed by atoms with E-state index in [1.807, 2.05) is 25.1 Å². The fraction of sp³-hybridized carbons (Fsp3) is 0.300. The van der Waals surface area contributed by atoms with Crippen molar-refractivity contribution < 1.29 is 18.0 Å². The van der Waals surface area contributed by atoms with Crippen molar-refractivity contribution in [2.45, 2.75) is 18.6 Å². The van der Waals surface area contributed by atoms with Gasteiger partial charge in [0.2, 0.25) is 0 Å². The fourth-order valence-corrected chi connectivity index (χ4v) is 4.14. The highest BCUT2D eigenvalue weighted by atomic mass is 32.2. The Kier molecular flexibility index (Phi) is 5.27.